The van der Waals surface area contributed by atoms with Crippen molar-refractivity contribution in [3.05, 3.63) is 60.2 Å². The number of hydrogen-bond acceptors (Lipinski definition) is 4. The van der Waals surface area contributed by atoms with Gasteiger partial charge in [0, 0.05) is 24.8 Å². The van der Waals surface area contributed by atoms with Crippen LogP contribution in [0.5, 0.6) is 5.75 Å². The number of amides is 2. The Kier molecular flexibility index (Phi) is 8.49. The molecule has 0 aliphatic rings. The molecule has 6 heteroatoms. The molecule has 2 aromatic rings. The molecule has 0 fully saturated rings. The highest BCUT2D eigenvalue weighted by Crippen LogP contribution is 2.16. The van der Waals surface area contributed by atoms with Crippen LogP contribution in [-0.4, -0.2) is 54.9 Å². The molecule has 0 saturated carbocycles. The second-order valence-electron chi connectivity index (χ2n) is 6.48. The van der Waals surface area contributed by atoms with Crippen LogP contribution >= 0.6 is 0 Å². The number of benzene rings is 2. The van der Waals surface area contributed by atoms with Crippen LogP contribution in [0.3, 0.4) is 0 Å². The van der Waals surface area contributed by atoms with E-state index in [9.17, 15) is 9.59 Å². The van der Waals surface area contributed by atoms with E-state index in [2.05, 4.69) is 5.32 Å². The van der Waals surface area contributed by atoms with Gasteiger partial charge in [-0.05, 0) is 31.2 Å². The highest BCUT2D eigenvalue weighted by atomic mass is 16.5. The molecule has 2 aromatic carbocycles. The fraction of sp³-hybridized carbons (Fsp3) is 0.364. The van der Waals surface area contributed by atoms with Crippen molar-refractivity contribution in [2.24, 2.45) is 0 Å². The number of likely N-dealkylation sites (N-methyl/N-ethyl adjacent to an activating group) is 2. The molecule has 150 valence electrons. The van der Waals surface area contributed by atoms with Gasteiger partial charge in [0.05, 0.1) is 20.2 Å². The molecule has 0 heterocycles. The number of carbonyl (C=O) groups excluding carboxylic acids is 2. The van der Waals surface area contributed by atoms with E-state index in [4.69, 9.17) is 4.74 Å². The number of hydrogen-bond donors (Lipinski definition) is 1. The average Bonchev–Trinajstić information content (AvgIpc) is 2.72. The van der Waals surface area contributed by atoms with Crippen molar-refractivity contribution in [2.45, 2.75) is 20.4 Å². The van der Waals surface area contributed by atoms with E-state index in [-0.39, 0.29) is 24.9 Å². The highest BCUT2D eigenvalue weighted by Gasteiger charge is 2.18. The van der Waals surface area contributed by atoms with Crippen LogP contribution in [-0.2, 0) is 16.1 Å². The summed E-state index contributed by atoms with van der Waals surface area (Å²) in [6, 6.07) is 17.1. The Labute approximate surface area is 167 Å². The molecule has 0 bridgehead atoms. The van der Waals surface area contributed by atoms with Gasteiger partial charge in [0.25, 0.3) is 0 Å². The fourth-order valence-corrected chi connectivity index (χ4v) is 2.86. The molecule has 2 amide bonds. The van der Waals surface area contributed by atoms with Crippen molar-refractivity contribution in [1.82, 2.24) is 9.80 Å². The summed E-state index contributed by atoms with van der Waals surface area (Å²) in [5.41, 5.74) is 1.77. The lowest BCUT2D eigenvalue weighted by Crippen LogP contribution is -2.42. The number of carbonyl (C=O) groups is 2. The quantitative estimate of drug-likeness (QED) is 0.685. The zero-order valence-electron chi connectivity index (χ0n) is 16.9. The maximum Gasteiger partial charge on any atom is 0.238 e. The van der Waals surface area contributed by atoms with Crippen LogP contribution in [0.2, 0.25) is 0 Å². The van der Waals surface area contributed by atoms with E-state index >= 15 is 0 Å². The molecule has 0 aliphatic heterocycles. The van der Waals surface area contributed by atoms with Crippen molar-refractivity contribution in [2.75, 3.05) is 38.6 Å². The lowest BCUT2D eigenvalue weighted by Gasteiger charge is -2.25. The Bertz CT molecular complexity index is 765. The minimum Gasteiger partial charge on any atom is -0.497 e. The number of nitrogens with one attached hydrogen (secondary N) is 1. The van der Waals surface area contributed by atoms with Gasteiger partial charge in [-0.1, -0.05) is 43.3 Å². The Morgan fingerprint density at radius 2 is 1.71 bits per heavy atom. The van der Waals surface area contributed by atoms with Gasteiger partial charge in [-0.2, -0.15) is 0 Å². The van der Waals surface area contributed by atoms with Crippen LogP contribution in [0.4, 0.5) is 5.69 Å². The van der Waals surface area contributed by atoms with Gasteiger partial charge in [0.1, 0.15) is 5.75 Å². The summed E-state index contributed by atoms with van der Waals surface area (Å²) in [7, 11) is 1.58. The Morgan fingerprint density at radius 1 is 0.964 bits per heavy atom. The predicted molar refractivity (Wildman–Crippen MR) is 111 cm³/mol. The normalized spacial score (nSPS) is 10.6. The number of ether oxygens (including phenoxy) is 1. The summed E-state index contributed by atoms with van der Waals surface area (Å²) >= 11 is 0. The van der Waals surface area contributed by atoms with Crippen LogP contribution in [0.1, 0.15) is 19.4 Å². The average molecular weight is 383 g/mol. The molecule has 1 N–H and O–H groups in total. The molecule has 0 aromatic heterocycles. The van der Waals surface area contributed by atoms with Crippen molar-refractivity contribution in [3.63, 3.8) is 0 Å². The summed E-state index contributed by atoms with van der Waals surface area (Å²) < 4.78 is 5.17. The summed E-state index contributed by atoms with van der Waals surface area (Å²) in [5, 5.41) is 2.85. The van der Waals surface area contributed by atoms with Gasteiger partial charge in [-0.15, -0.1) is 0 Å². The first kappa shape index (κ1) is 21.4. The predicted octanol–water partition coefficient (Wildman–Crippen LogP) is 3.00. The molecule has 0 spiro atoms. The Hall–Kier alpha value is -2.86. The number of anilines is 1. The lowest BCUT2D eigenvalue weighted by molar-refractivity contribution is -0.133. The van der Waals surface area contributed by atoms with Crippen molar-refractivity contribution in [3.8, 4) is 5.75 Å². The molecule has 0 unspecified atom stereocenters. The third-order valence-electron chi connectivity index (χ3n) is 4.48. The van der Waals surface area contributed by atoms with Crippen LogP contribution in [0.15, 0.2) is 54.6 Å². The molecular weight excluding hydrogens is 354 g/mol. The van der Waals surface area contributed by atoms with Gasteiger partial charge in [-0.3, -0.25) is 14.5 Å². The Morgan fingerprint density at radius 3 is 2.36 bits per heavy atom. The standard InChI is InChI=1S/C22H29N3O3/c1-4-24(16-21(26)23-19-12-9-13-20(14-19)28-3)17-22(27)25(5-2)15-18-10-7-6-8-11-18/h6-14H,4-5,15-17H2,1-3H3,(H,23,26). The second kappa shape index (κ2) is 11.1. The topological polar surface area (TPSA) is 61.9 Å². The van der Waals surface area contributed by atoms with E-state index in [0.717, 1.165) is 5.56 Å². The van der Waals surface area contributed by atoms with Crippen molar-refractivity contribution in [1.29, 1.82) is 0 Å². The highest BCUT2D eigenvalue weighted by molar-refractivity contribution is 5.92. The van der Waals surface area contributed by atoms with Gasteiger partial charge >= 0.3 is 0 Å². The maximum absolute atomic E-state index is 12.7. The molecule has 0 saturated heterocycles. The molecule has 28 heavy (non-hydrogen) atoms. The zero-order valence-corrected chi connectivity index (χ0v) is 16.9. The first-order chi connectivity index (χ1) is 13.5. The SMILES string of the molecule is CCN(CC(=O)Nc1cccc(OC)c1)CC(=O)N(CC)Cc1ccccc1. The number of nitrogens with zero attached hydrogens (tertiary/aromatic N) is 2. The summed E-state index contributed by atoms with van der Waals surface area (Å²) in [5.74, 6) is 0.538. The first-order valence-corrected chi connectivity index (χ1v) is 9.53. The Balaban J connectivity index is 1.90. The smallest absolute Gasteiger partial charge is 0.238 e. The summed E-state index contributed by atoms with van der Waals surface area (Å²) in [4.78, 5) is 28.7. The van der Waals surface area contributed by atoms with E-state index < -0.39 is 0 Å². The van der Waals surface area contributed by atoms with Crippen LogP contribution in [0, 0.1) is 0 Å². The molecule has 6 nitrogen and oxygen atoms in total. The largest absolute Gasteiger partial charge is 0.497 e. The minimum absolute atomic E-state index is 0.0161. The minimum atomic E-state index is -0.158. The van der Waals surface area contributed by atoms with Crippen LogP contribution < -0.4 is 10.1 Å². The molecule has 0 atom stereocenters. The third-order valence-corrected chi connectivity index (χ3v) is 4.48. The molecule has 2 rings (SSSR count). The van der Waals surface area contributed by atoms with Gasteiger partial charge in [0.2, 0.25) is 11.8 Å². The molecular formula is C22H29N3O3. The monoisotopic (exact) mass is 383 g/mol. The lowest BCUT2D eigenvalue weighted by atomic mass is 10.2. The van der Waals surface area contributed by atoms with Gasteiger partial charge < -0.3 is 15.0 Å². The number of methoxy groups -OCH3 is 1. The maximum atomic E-state index is 12.7. The van der Waals surface area contributed by atoms with E-state index in [1.807, 2.05) is 61.2 Å². The van der Waals surface area contributed by atoms with E-state index in [1.165, 1.54) is 0 Å². The van der Waals surface area contributed by atoms with E-state index in [1.54, 1.807) is 24.1 Å². The van der Waals surface area contributed by atoms with Crippen molar-refractivity contribution < 1.29 is 14.3 Å². The summed E-state index contributed by atoms with van der Waals surface area (Å²) in [6.45, 7) is 6.09. The number of rotatable bonds is 10. The van der Waals surface area contributed by atoms with E-state index in [0.29, 0.717) is 31.1 Å². The molecule has 0 aliphatic carbocycles. The van der Waals surface area contributed by atoms with Crippen molar-refractivity contribution >= 4 is 17.5 Å². The first-order valence-electron chi connectivity index (χ1n) is 9.53. The fourth-order valence-electron chi connectivity index (χ4n) is 2.86. The van der Waals surface area contributed by atoms with Gasteiger partial charge in [0.15, 0.2) is 0 Å². The third kappa shape index (κ3) is 6.70. The van der Waals surface area contributed by atoms with Gasteiger partial charge in [-0.25, -0.2) is 0 Å². The van der Waals surface area contributed by atoms with Crippen LogP contribution in [0.25, 0.3) is 0 Å². The second-order valence-corrected chi connectivity index (χ2v) is 6.48. The summed E-state index contributed by atoms with van der Waals surface area (Å²) in [6.07, 6.45) is 0. The zero-order chi connectivity index (χ0) is 20.4. The molecule has 0 radical (unpaired) electrons.